The molecular weight excluding hydrogens is 220 g/mol. The molecule has 0 amide bonds. The second kappa shape index (κ2) is 6.93. The molecule has 2 rings (SSSR count). The van der Waals surface area contributed by atoms with E-state index in [1.807, 2.05) is 0 Å². The van der Waals surface area contributed by atoms with E-state index in [2.05, 4.69) is 6.92 Å². The fraction of sp³-hybridized carbons (Fsp3) is 1.00. The molecule has 1 N–H and O–H groups in total. The van der Waals surface area contributed by atoms with E-state index in [1.165, 1.54) is 70.6 Å². The first-order valence-corrected chi connectivity index (χ1v) is 8.40. The highest BCUT2D eigenvalue weighted by Crippen LogP contribution is 2.48. The quantitative estimate of drug-likeness (QED) is 0.736. The highest BCUT2D eigenvalue weighted by molar-refractivity contribution is 4.88. The monoisotopic (exact) mass is 252 g/mol. The summed E-state index contributed by atoms with van der Waals surface area (Å²) in [7, 11) is 0. The highest BCUT2D eigenvalue weighted by atomic mass is 16.3. The Hall–Kier alpha value is -0.0400. The third-order valence-electron chi connectivity index (χ3n) is 5.83. The van der Waals surface area contributed by atoms with Gasteiger partial charge >= 0.3 is 0 Å². The summed E-state index contributed by atoms with van der Waals surface area (Å²) in [5, 5.41) is 9.32. The van der Waals surface area contributed by atoms with Gasteiger partial charge in [0.1, 0.15) is 0 Å². The van der Waals surface area contributed by atoms with Crippen molar-refractivity contribution < 1.29 is 5.11 Å². The predicted octanol–water partition coefficient (Wildman–Crippen LogP) is 4.93. The van der Waals surface area contributed by atoms with Gasteiger partial charge in [0.15, 0.2) is 0 Å². The van der Waals surface area contributed by atoms with Gasteiger partial charge in [-0.3, -0.25) is 0 Å². The van der Waals surface area contributed by atoms with Crippen LogP contribution in [-0.4, -0.2) is 11.7 Å². The molecule has 0 radical (unpaired) electrons. The first-order valence-electron chi connectivity index (χ1n) is 8.40. The van der Waals surface area contributed by atoms with Crippen LogP contribution in [0.3, 0.4) is 0 Å². The maximum atomic E-state index is 9.32. The van der Waals surface area contributed by atoms with Crippen molar-refractivity contribution in [3.63, 3.8) is 0 Å². The fourth-order valence-electron chi connectivity index (χ4n) is 4.72. The number of rotatable bonds is 5. The summed E-state index contributed by atoms with van der Waals surface area (Å²) >= 11 is 0. The SMILES string of the molecule is CCCC1(CCO)CCC(C2CCCCC2)CC1. The Bertz CT molecular complexity index is 214. The summed E-state index contributed by atoms with van der Waals surface area (Å²) in [6, 6.07) is 0. The average Bonchev–Trinajstić information content (AvgIpc) is 2.41. The third-order valence-corrected chi connectivity index (χ3v) is 5.83. The first kappa shape index (κ1) is 14.4. The molecule has 0 aromatic heterocycles. The minimum absolute atomic E-state index is 0.397. The molecule has 0 aliphatic heterocycles. The van der Waals surface area contributed by atoms with Crippen LogP contribution in [0.25, 0.3) is 0 Å². The highest BCUT2D eigenvalue weighted by Gasteiger charge is 2.36. The molecule has 2 fully saturated rings. The fourth-order valence-corrected chi connectivity index (χ4v) is 4.72. The zero-order valence-corrected chi connectivity index (χ0v) is 12.3. The van der Waals surface area contributed by atoms with E-state index in [0.29, 0.717) is 12.0 Å². The Kier molecular flexibility index (Phi) is 5.54. The van der Waals surface area contributed by atoms with Crippen LogP contribution in [0, 0.1) is 17.3 Å². The van der Waals surface area contributed by atoms with Crippen molar-refractivity contribution >= 4 is 0 Å². The molecule has 1 nitrogen and oxygen atoms in total. The standard InChI is InChI=1S/C17H32O/c1-2-10-17(13-14-18)11-8-16(9-12-17)15-6-4-3-5-7-15/h15-16,18H,2-14H2,1H3. The van der Waals surface area contributed by atoms with Gasteiger partial charge in [-0.1, -0.05) is 45.4 Å². The molecule has 0 atom stereocenters. The molecule has 1 heteroatoms. The maximum absolute atomic E-state index is 9.32. The molecule has 0 bridgehead atoms. The number of aliphatic hydroxyl groups is 1. The van der Waals surface area contributed by atoms with Gasteiger partial charge in [-0.2, -0.15) is 0 Å². The molecule has 2 aliphatic rings. The third kappa shape index (κ3) is 3.50. The van der Waals surface area contributed by atoms with E-state index in [-0.39, 0.29) is 0 Å². The van der Waals surface area contributed by atoms with Crippen LogP contribution in [0.5, 0.6) is 0 Å². The Morgan fingerprint density at radius 3 is 2.06 bits per heavy atom. The van der Waals surface area contributed by atoms with E-state index < -0.39 is 0 Å². The molecule has 0 saturated heterocycles. The van der Waals surface area contributed by atoms with Crippen LogP contribution in [0.2, 0.25) is 0 Å². The van der Waals surface area contributed by atoms with Crippen LogP contribution >= 0.6 is 0 Å². The summed E-state index contributed by atoms with van der Waals surface area (Å²) < 4.78 is 0. The number of aliphatic hydroxyl groups excluding tert-OH is 1. The van der Waals surface area contributed by atoms with Crippen molar-refractivity contribution in [1.82, 2.24) is 0 Å². The molecule has 2 saturated carbocycles. The zero-order valence-electron chi connectivity index (χ0n) is 12.3. The van der Waals surface area contributed by atoms with Crippen LogP contribution < -0.4 is 0 Å². The Morgan fingerprint density at radius 1 is 0.889 bits per heavy atom. The van der Waals surface area contributed by atoms with E-state index >= 15 is 0 Å². The van der Waals surface area contributed by atoms with Gasteiger partial charge in [0.25, 0.3) is 0 Å². The van der Waals surface area contributed by atoms with Crippen LogP contribution in [0.15, 0.2) is 0 Å². The Labute approximate surface area is 113 Å². The minimum atomic E-state index is 0.397. The Balaban J connectivity index is 1.84. The Morgan fingerprint density at radius 2 is 1.50 bits per heavy atom. The molecule has 0 aromatic carbocycles. The maximum Gasteiger partial charge on any atom is 0.0436 e. The summed E-state index contributed by atoms with van der Waals surface area (Å²) in [5.41, 5.74) is 0.509. The lowest BCUT2D eigenvalue weighted by Gasteiger charge is -2.43. The van der Waals surface area contributed by atoms with Crippen molar-refractivity contribution in [3.05, 3.63) is 0 Å². The summed E-state index contributed by atoms with van der Waals surface area (Å²) in [5.74, 6) is 2.07. The van der Waals surface area contributed by atoms with Crippen molar-refractivity contribution in [2.75, 3.05) is 6.61 Å². The van der Waals surface area contributed by atoms with Gasteiger partial charge in [0, 0.05) is 6.61 Å². The van der Waals surface area contributed by atoms with E-state index in [0.717, 1.165) is 18.3 Å². The average molecular weight is 252 g/mol. The second-order valence-corrected chi connectivity index (χ2v) is 6.96. The number of hydrogen-bond donors (Lipinski definition) is 1. The molecule has 0 aromatic rings. The zero-order chi connectivity index (χ0) is 12.8. The van der Waals surface area contributed by atoms with E-state index in [9.17, 15) is 5.11 Å². The topological polar surface area (TPSA) is 20.2 Å². The molecule has 0 spiro atoms. The summed E-state index contributed by atoms with van der Waals surface area (Å²) in [4.78, 5) is 0. The smallest absolute Gasteiger partial charge is 0.0436 e. The molecule has 0 heterocycles. The van der Waals surface area contributed by atoms with Crippen LogP contribution in [-0.2, 0) is 0 Å². The minimum Gasteiger partial charge on any atom is -0.396 e. The molecule has 0 unspecified atom stereocenters. The molecule has 2 aliphatic carbocycles. The lowest BCUT2D eigenvalue weighted by Crippen LogP contribution is -2.31. The van der Waals surface area contributed by atoms with Crippen molar-refractivity contribution in [1.29, 1.82) is 0 Å². The number of hydrogen-bond acceptors (Lipinski definition) is 1. The largest absolute Gasteiger partial charge is 0.396 e. The van der Waals surface area contributed by atoms with Crippen LogP contribution in [0.1, 0.15) is 84.0 Å². The lowest BCUT2D eigenvalue weighted by atomic mass is 9.63. The van der Waals surface area contributed by atoms with Crippen molar-refractivity contribution in [2.24, 2.45) is 17.3 Å². The van der Waals surface area contributed by atoms with Crippen LogP contribution in [0.4, 0.5) is 0 Å². The summed E-state index contributed by atoms with van der Waals surface area (Å²) in [6.45, 7) is 2.69. The molecule has 18 heavy (non-hydrogen) atoms. The van der Waals surface area contributed by atoms with Gasteiger partial charge in [-0.25, -0.2) is 0 Å². The van der Waals surface area contributed by atoms with Gasteiger partial charge in [0.2, 0.25) is 0 Å². The van der Waals surface area contributed by atoms with Gasteiger partial charge < -0.3 is 5.11 Å². The molecular formula is C17H32O. The predicted molar refractivity (Wildman–Crippen MR) is 77.6 cm³/mol. The summed E-state index contributed by atoms with van der Waals surface area (Å²) in [6.07, 6.45) is 16.8. The van der Waals surface area contributed by atoms with Crippen molar-refractivity contribution in [2.45, 2.75) is 84.0 Å². The van der Waals surface area contributed by atoms with Crippen molar-refractivity contribution in [3.8, 4) is 0 Å². The van der Waals surface area contributed by atoms with E-state index in [1.54, 1.807) is 0 Å². The van der Waals surface area contributed by atoms with Gasteiger partial charge in [0.05, 0.1) is 0 Å². The van der Waals surface area contributed by atoms with Gasteiger partial charge in [-0.15, -0.1) is 0 Å². The molecule has 106 valence electrons. The van der Waals surface area contributed by atoms with Gasteiger partial charge in [-0.05, 0) is 55.8 Å². The second-order valence-electron chi connectivity index (χ2n) is 6.96. The lowest BCUT2D eigenvalue weighted by molar-refractivity contribution is 0.0678. The first-order chi connectivity index (χ1) is 8.79. The van der Waals surface area contributed by atoms with E-state index in [4.69, 9.17) is 0 Å². The normalized spacial score (nSPS) is 34.7.